The molecule has 0 aromatic carbocycles. The molecular formula is C13H19N3S. The Morgan fingerprint density at radius 3 is 3.00 bits per heavy atom. The summed E-state index contributed by atoms with van der Waals surface area (Å²) in [5.74, 6) is 0. The van der Waals surface area contributed by atoms with E-state index in [4.69, 9.17) is 5.73 Å². The van der Waals surface area contributed by atoms with Crippen molar-refractivity contribution in [3.63, 3.8) is 0 Å². The van der Waals surface area contributed by atoms with Crippen LogP contribution in [0.25, 0.3) is 0 Å². The number of nitrogens with two attached hydrogens (primary N) is 1. The predicted octanol–water partition coefficient (Wildman–Crippen LogP) is 3.10. The van der Waals surface area contributed by atoms with Gasteiger partial charge in [-0.05, 0) is 25.0 Å². The lowest BCUT2D eigenvalue weighted by Gasteiger charge is -2.07. The van der Waals surface area contributed by atoms with Gasteiger partial charge in [-0.15, -0.1) is 11.3 Å². The zero-order chi connectivity index (χ0) is 12.3. The Morgan fingerprint density at radius 2 is 2.35 bits per heavy atom. The smallest absolute Gasteiger partial charge is 0.113 e. The van der Waals surface area contributed by atoms with Crippen LogP contribution < -0.4 is 5.73 Å². The van der Waals surface area contributed by atoms with Gasteiger partial charge in [-0.1, -0.05) is 13.3 Å². The van der Waals surface area contributed by atoms with E-state index in [9.17, 15) is 0 Å². The maximum absolute atomic E-state index is 6.09. The summed E-state index contributed by atoms with van der Waals surface area (Å²) in [6.07, 6.45) is 6.39. The molecule has 4 heteroatoms. The molecule has 0 aliphatic carbocycles. The van der Waals surface area contributed by atoms with Crippen LogP contribution in [0, 0.1) is 6.92 Å². The van der Waals surface area contributed by atoms with E-state index in [1.54, 1.807) is 11.3 Å². The molecule has 2 rings (SSSR count). The zero-order valence-corrected chi connectivity index (χ0v) is 11.2. The Morgan fingerprint density at radius 1 is 1.53 bits per heavy atom. The van der Waals surface area contributed by atoms with Gasteiger partial charge in [0.2, 0.25) is 0 Å². The van der Waals surface area contributed by atoms with Crippen molar-refractivity contribution in [3.8, 4) is 0 Å². The average molecular weight is 249 g/mol. The first-order valence-corrected chi connectivity index (χ1v) is 6.89. The molecule has 0 radical (unpaired) electrons. The number of hydrogen-bond donors (Lipinski definition) is 1. The molecule has 2 aromatic rings. The highest BCUT2D eigenvalue weighted by Crippen LogP contribution is 2.17. The van der Waals surface area contributed by atoms with Crippen LogP contribution in [0.4, 0.5) is 0 Å². The minimum Gasteiger partial charge on any atom is -0.347 e. The molecule has 0 amide bonds. The molecule has 2 N–H and O–H groups in total. The average Bonchev–Trinajstić information content (AvgIpc) is 2.89. The molecule has 0 spiro atoms. The monoisotopic (exact) mass is 249 g/mol. The van der Waals surface area contributed by atoms with Gasteiger partial charge in [-0.25, -0.2) is 4.98 Å². The number of thiazole rings is 1. The van der Waals surface area contributed by atoms with Crippen molar-refractivity contribution in [2.75, 3.05) is 0 Å². The molecule has 0 fully saturated rings. The first-order chi connectivity index (χ1) is 8.19. The second-order valence-electron chi connectivity index (χ2n) is 4.39. The highest BCUT2D eigenvalue weighted by molar-refractivity contribution is 7.09. The quantitative estimate of drug-likeness (QED) is 0.885. The lowest BCUT2D eigenvalue weighted by molar-refractivity contribution is 0.636. The molecule has 1 unspecified atom stereocenters. The van der Waals surface area contributed by atoms with E-state index in [2.05, 4.69) is 40.3 Å². The first-order valence-electron chi connectivity index (χ1n) is 6.01. The molecule has 3 nitrogen and oxygen atoms in total. The van der Waals surface area contributed by atoms with E-state index in [-0.39, 0.29) is 6.04 Å². The number of hydrogen-bond acceptors (Lipinski definition) is 3. The van der Waals surface area contributed by atoms with Gasteiger partial charge in [0.15, 0.2) is 0 Å². The van der Waals surface area contributed by atoms with Gasteiger partial charge in [0, 0.05) is 29.5 Å². The van der Waals surface area contributed by atoms with Crippen LogP contribution in [0.3, 0.4) is 0 Å². The Labute approximate surface area is 106 Å². The summed E-state index contributed by atoms with van der Waals surface area (Å²) in [7, 11) is 0. The Hall–Kier alpha value is -1.13. The maximum Gasteiger partial charge on any atom is 0.113 e. The van der Waals surface area contributed by atoms with Crippen molar-refractivity contribution < 1.29 is 0 Å². The van der Waals surface area contributed by atoms with Crippen LogP contribution in [-0.4, -0.2) is 9.55 Å². The second-order valence-corrected chi connectivity index (χ2v) is 5.34. The zero-order valence-electron chi connectivity index (χ0n) is 10.4. The summed E-state index contributed by atoms with van der Waals surface area (Å²) in [6.45, 7) is 5.03. The number of nitrogens with zero attached hydrogens (tertiary/aromatic N) is 2. The minimum absolute atomic E-state index is 0.166. The highest BCUT2D eigenvalue weighted by atomic mass is 32.1. The fourth-order valence-corrected chi connectivity index (χ4v) is 2.67. The maximum atomic E-state index is 6.09. The normalized spacial score (nSPS) is 12.9. The van der Waals surface area contributed by atoms with Crippen LogP contribution >= 0.6 is 11.3 Å². The topological polar surface area (TPSA) is 43.8 Å². The van der Waals surface area contributed by atoms with Gasteiger partial charge >= 0.3 is 0 Å². The summed E-state index contributed by atoms with van der Waals surface area (Å²) < 4.78 is 2.16. The van der Waals surface area contributed by atoms with Gasteiger partial charge in [0.05, 0.1) is 6.54 Å². The number of aromatic nitrogens is 2. The third-order valence-electron chi connectivity index (χ3n) is 2.79. The minimum atomic E-state index is 0.166. The molecular weight excluding hydrogens is 230 g/mol. The van der Waals surface area contributed by atoms with Gasteiger partial charge < -0.3 is 10.3 Å². The van der Waals surface area contributed by atoms with Gasteiger partial charge in [0.25, 0.3) is 0 Å². The Bertz CT molecular complexity index is 472. The van der Waals surface area contributed by atoms with Gasteiger partial charge in [-0.2, -0.15) is 0 Å². The fourth-order valence-electron chi connectivity index (χ4n) is 1.89. The summed E-state index contributed by atoms with van der Waals surface area (Å²) in [5, 5.41) is 3.23. The number of aryl methyl sites for hydroxylation is 1. The van der Waals surface area contributed by atoms with Gasteiger partial charge in [-0.3, -0.25) is 0 Å². The molecule has 1 atom stereocenters. The third kappa shape index (κ3) is 3.17. The van der Waals surface area contributed by atoms with Crippen LogP contribution in [0.5, 0.6) is 0 Å². The lowest BCUT2D eigenvalue weighted by Crippen LogP contribution is -2.08. The summed E-state index contributed by atoms with van der Waals surface area (Å²) >= 11 is 1.71. The standard InChI is InChI=1S/C13H19N3S/c1-3-4-12(14)11-5-6-16(7-11)8-13-15-10(2)9-17-13/h5-7,9,12H,3-4,8,14H2,1-2H3. The molecule has 17 heavy (non-hydrogen) atoms. The van der Waals surface area contributed by atoms with E-state index in [0.29, 0.717) is 0 Å². The lowest BCUT2D eigenvalue weighted by atomic mass is 10.1. The molecule has 0 saturated carbocycles. The van der Waals surface area contributed by atoms with E-state index in [1.807, 2.05) is 6.92 Å². The molecule has 2 aromatic heterocycles. The van der Waals surface area contributed by atoms with Crippen LogP contribution in [0.15, 0.2) is 23.8 Å². The molecule has 92 valence electrons. The molecule has 0 bridgehead atoms. The van der Waals surface area contributed by atoms with Crippen LogP contribution in [0.1, 0.15) is 42.1 Å². The van der Waals surface area contributed by atoms with Gasteiger partial charge in [0.1, 0.15) is 5.01 Å². The fraction of sp³-hybridized carbons (Fsp3) is 0.462. The summed E-state index contributed by atoms with van der Waals surface area (Å²) in [4.78, 5) is 4.46. The van der Waals surface area contributed by atoms with E-state index < -0.39 is 0 Å². The van der Waals surface area contributed by atoms with Crippen molar-refractivity contribution >= 4 is 11.3 Å². The van der Waals surface area contributed by atoms with E-state index in [0.717, 1.165) is 30.1 Å². The second kappa shape index (κ2) is 5.47. The van der Waals surface area contributed by atoms with E-state index >= 15 is 0 Å². The molecule has 0 aliphatic heterocycles. The Kier molecular flexibility index (Phi) is 3.97. The first kappa shape index (κ1) is 12.3. The summed E-state index contributed by atoms with van der Waals surface area (Å²) in [6, 6.07) is 2.28. The van der Waals surface area contributed by atoms with Crippen molar-refractivity contribution in [1.82, 2.24) is 9.55 Å². The van der Waals surface area contributed by atoms with Crippen molar-refractivity contribution in [1.29, 1.82) is 0 Å². The largest absolute Gasteiger partial charge is 0.347 e. The molecule has 2 heterocycles. The van der Waals surface area contributed by atoms with Crippen molar-refractivity contribution in [2.24, 2.45) is 5.73 Å². The summed E-state index contributed by atoms with van der Waals surface area (Å²) in [5.41, 5.74) is 8.41. The Balaban J connectivity index is 2.03. The van der Waals surface area contributed by atoms with Crippen molar-refractivity contribution in [2.45, 2.75) is 39.3 Å². The molecule has 0 aliphatic rings. The van der Waals surface area contributed by atoms with E-state index in [1.165, 1.54) is 5.56 Å². The SMILES string of the molecule is CCCC(N)c1ccn(Cc2nc(C)cs2)c1. The van der Waals surface area contributed by atoms with Crippen molar-refractivity contribution in [3.05, 3.63) is 40.1 Å². The van der Waals surface area contributed by atoms with Crippen LogP contribution in [-0.2, 0) is 6.54 Å². The number of rotatable bonds is 5. The molecule has 0 saturated heterocycles. The van der Waals surface area contributed by atoms with Crippen LogP contribution in [0.2, 0.25) is 0 Å². The highest BCUT2D eigenvalue weighted by Gasteiger charge is 2.07. The predicted molar refractivity (Wildman–Crippen MR) is 72.2 cm³/mol. The third-order valence-corrected chi connectivity index (χ3v) is 3.74.